The van der Waals surface area contributed by atoms with Gasteiger partial charge in [0.25, 0.3) is 11.8 Å². The summed E-state index contributed by atoms with van der Waals surface area (Å²) in [6.07, 6.45) is 1.43. The third kappa shape index (κ3) is 2.20. The highest BCUT2D eigenvalue weighted by atomic mass is 16.2. The first-order chi connectivity index (χ1) is 12.1. The van der Waals surface area contributed by atoms with Gasteiger partial charge in [0.15, 0.2) is 11.6 Å². The number of aromatic amines is 1. The zero-order valence-electron chi connectivity index (χ0n) is 13.6. The first-order valence-electron chi connectivity index (χ1n) is 7.66. The van der Waals surface area contributed by atoms with E-state index < -0.39 is 0 Å². The summed E-state index contributed by atoms with van der Waals surface area (Å²) in [6.45, 7) is 0.306. The maximum atomic E-state index is 12.6. The van der Waals surface area contributed by atoms with Crippen LogP contribution in [0.25, 0.3) is 17.2 Å². The Morgan fingerprint density at radius 2 is 2.08 bits per heavy atom. The van der Waals surface area contributed by atoms with Crippen molar-refractivity contribution in [3.8, 4) is 17.2 Å². The minimum Gasteiger partial charge on any atom is -0.354 e. The van der Waals surface area contributed by atoms with E-state index >= 15 is 0 Å². The fraction of sp³-hybridized carbons (Fsp3) is 0.188. The van der Waals surface area contributed by atoms with Crippen LogP contribution < -0.4 is 5.32 Å². The average Bonchev–Trinajstić information content (AvgIpc) is 3.24. The fourth-order valence-corrected chi connectivity index (χ4v) is 2.93. The van der Waals surface area contributed by atoms with E-state index in [9.17, 15) is 9.59 Å². The predicted octanol–water partition coefficient (Wildman–Crippen LogP) is 0.603. The quantitative estimate of drug-likeness (QED) is 0.712. The lowest BCUT2D eigenvalue weighted by molar-refractivity contribution is 0.0786. The third-order valence-electron chi connectivity index (χ3n) is 4.14. The lowest BCUT2D eigenvalue weighted by atomic mass is 10.1. The van der Waals surface area contributed by atoms with Crippen molar-refractivity contribution in [3.05, 3.63) is 47.7 Å². The monoisotopic (exact) mass is 337 g/mol. The molecule has 0 aliphatic carbocycles. The zero-order chi connectivity index (χ0) is 17.6. The molecule has 0 spiro atoms. The molecule has 126 valence electrons. The molecule has 0 saturated carbocycles. The maximum absolute atomic E-state index is 12.6. The van der Waals surface area contributed by atoms with Gasteiger partial charge < -0.3 is 15.2 Å². The lowest BCUT2D eigenvalue weighted by Gasteiger charge is -2.12. The number of para-hydroxylation sites is 1. The van der Waals surface area contributed by atoms with Gasteiger partial charge in [-0.2, -0.15) is 0 Å². The summed E-state index contributed by atoms with van der Waals surface area (Å²) >= 11 is 0. The maximum Gasteiger partial charge on any atom is 0.269 e. The average molecular weight is 337 g/mol. The van der Waals surface area contributed by atoms with E-state index in [0.717, 1.165) is 0 Å². The number of rotatable bonds is 2. The van der Waals surface area contributed by atoms with Gasteiger partial charge in [-0.3, -0.25) is 14.2 Å². The highest BCUT2D eigenvalue weighted by Gasteiger charge is 2.29. The van der Waals surface area contributed by atoms with Gasteiger partial charge in [-0.25, -0.2) is 4.98 Å². The number of hydrogen-bond acceptors (Lipinski definition) is 5. The van der Waals surface area contributed by atoms with Crippen LogP contribution in [0.3, 0.4) is 0 Å². The summed E-state index contributed by atoms with van der Waals surface area (Å²) in [4.78, 5) is 33.3. The van der Waals surface area contributed by atoms with E-state index in [4.69, 9.17) is 0 Å². The summed E-state index contributed by atoms with van der Waals surface area (Å²) in [5.74, 6) is 0.604. The SMILES string of the molecule is CNC(=O)c1[nH]cnc1-c1nnc2n1-c1ccccc1C(=O)N(C)C2. The second-order valence-electron chi connectivity index (χ2n) is 5.66. The largest absolute Gasteiger partial charge is 0.354 e. The molecule has 1 aliphatic heterocycles. The van der Waals surface area contributed by atoms with Crippen LogP contribution in [0.15, 0.2) is 30.6 Å². The van der Waals surface area contributed by atoms with Gasteiger partial charge in [-0.15, -0.1) is 10.2 Å². The Hall–Kier alpha value is -3.49. The van der Waals surface area contributed by atoms with E-state index in [1.165, 1.54) is 6.33 Å². The molecule has 3 heterocycles. The Kier molecular flexibility index (Phi) is 3.34. The molecule has 0 bridgehead atoms. The molecule has 1 aromatic carbocycles. The number of fused-ring (bicyclic) bond motifs is 3. The summed E-state index contributed by atoms with van der Waals surface area (Å²) in [5.41, 5.74) is 1.88. The number of hydrogen-bond donors (Lipinski definition) is 2. The number of aromatic nitrogens is 5. The van der Waals surface area contributed by atoms with Gasteiger partial charge in [0.1, 0.15) is 11.4 Å². The molecular weight excluding hydrogens is 322 g/mol. The van der Waals surface area contributed by atoms with Crippen molar-refractivity contribution in [2.24, 2.45) is 0 Å². The van der Waals surface area contributed by atoms with Crippen molar-refractivity contribution in [2.45, 2.75) is 6.54 Å². The predicted molar refractivity (Wildman–Crippen MR) is 88.1 cm³/mol. The van der Waals surface area contributed by atoms with Crippen LogP contribution in [0, 0.1) is 0 Å². The van der Waals surface area contributed by atoms with Crippen molar-refractivity contribution in [1.29, 1.82) is 0 Å². The molecule has 0 saturated heterocycles. The first kappa shape index (κ1) is 15.1. The lowest BCUT2D eigenvalue weighted by Crippen LogP contribution is -2.25. The molecule has 9 nitrogen and oxygen atoms in total. The first-order valence-corrected chi connectivity index (χ1v) is 7.66. The summed E-state index contributed by atoms with van der Waals surface area (Å²) in [5, 5.41) is 11.0. The summed E-state index contributed by atoms with van der Waals surface area (Å²) in [6, 6.07) is 7.24. The Morgan fingerprint density at radius 3 is 2.88 bits per heavy atom. The fourth-order valence-electron chi connectivity index (χ4n) is 2.93. The summed E-state index contributed by atoms with van der Waals surface area (Å²) in [7, 11) is 3.26. The topological polar surface area (TPSA) is 109 Å². The van der Waals surface area contributed by atoms with Gasteiger partial charge in [-0.05, 0) is 12.1 Å². The van der Waals surface area contributed by atoms with E-state index in [-0.39, 0.29) is 11.8 Å². The molecular formula is C16H15N7O2. The molecule has 2 amide bonds. The van der Waals surface area contributed by atoms with Crippen LogP contribution in [0.1, 0.15) is 26.7 Å². The number of carbonyl (C=O) groups excluding carboxylic acids is 2. The minimum absolute atomic E-state index is 0.0967. The van der Waals surface area contributed by atoms with Crippen molar-refractivity contribution in [2.75, 3.05) is 14.1 Å². The van der Waals surface area contributed by atoms with Crippen LogP contribution in [-0.4, -0.2) is 55.5 Å². The van der Waals surface area contributed by atoms with Crippen LogP contribution in [0.4, 0.5) is 0 Å². The van der Waals surface area contributed by atoms with E-state index in [1.807, 2.05) is 18.2 Å². The molecule has 25 heavy (non-hydrogen) atoms. The second kappa shape index (κ2) is 5.55. The Labute approximate surface area is 142 Å². The number of nitrogens with one attached hydrogen (secondary N) is 2. The van der Waals surface area contributed by atoms with E-state index in [0.29, 0.717) is 40.8 Å². The molecule has 0 unspecified atom stereocenters. The molecule has 0 atom stereocenters. The van der Waals surface area contributed by atoms with Gasteiger partial charge in [0, 0.05) is 14.1 Å². The molecule has 0 fully saturated rings. The van der Waals surface area contributed by atoms with Gasteiger partial charge >= 0.3 is 0 Å². The van der Waals surface area contributed by atoms with Gasteiger partial charge in [0.05, 0.1) is 24.1 Å². The van der Waals surface area contributed by atoms with Crippen LogP contribution in [-0.2, 0) is 6.54 Å². The normalized spacial score (nSPS) is 13.2. The Balaban J connectivity index is 1.98. The number of imidazole rings is 1. The molecule has 4 rings (SSSR count). The van der Waals surface area contributed by atoms with E-state index in [1.54, 1.807) is 29.6 Å². The van der Waals surface area contributed by atoms with Crippen molar-refractivity contribution >= 4 is 11.8 Å². The standard InChI is InChI=1S/C16H15N7O2/c1-17-15(24)13-12(18-8-19-13)14-21-20-11-7-22(2)16(25)9-5-3-4-6-10(9)23(11)14/h3-6,8H,7H2,1-2H3,(H,17,24)(H,18,19). The molecule has 2 aromatic heterocycles. The Morgan fingerprint density at radius 1 is 1.28 bits per heavy atom. The van der Waals surface area contributed by atoms with Crippen LogP contribution >= 0.6 is 0 Å². The number of amides is 2. The zero-order valence-corrected chi connectivity index (χ0v) is 13.6. The molecule has 9 heteroatoms. The smallest absolute Gasteiger partial charge is 0.269 e. The van der Waals surface area contributed by atoms with Gasteiger partial charge in [0.2, 0.25) is 0 Å². The van der Waals surface area contributed by atoms with Crippen LogP contribution in [0.2, 0.25) is 0 Å². The molecule has 3 aromatic rings. The minimum atomic E-state index is -0.306. The molecule has 2 N–H and O–H groups in total. The number of benzene rings is 1. The molecule has 0 radical (unpaired) electrons. The number of H-pyrrole nitrogens is 1. The van der Waals surface area contributed by atoms with Crippen molar-refractivity contribution < 1.29 is 9.59 Å². The Bertz CT molecular complexity index is 988. The van der Waals surface area contributed by atoms with Crippen molar-refractivity contribution in [1.82, 2.24) is 34.9 Å². The highest BCUT2D eigenvalue weighted by Crippen LogP contribution is 2.29. The van der Waals surface area contributed by atoms with Gasteiger partial charge in [-0.1, -0.05) is 12.1 Å². The summed E-state index contributed by atoms with van der Waals surface area (Å²) < 4.78 is 1.78. The second-order valence-corrected chi connectivity index (χ2v) is 5.66. The highest BCUT2D eigenvalue weighted by molar-refractivity contribution is 5.99. The number of nitrogens with zero attached hydrogens (tertiary/aromatic N) is 5. The van der Waals surface area contributed by atoms with Crippen LogP contribution in [0.5, 0.6) is 0 Å². The molecule has 1 aliphatic rings. The number of carbonyl (C=O) groups is 2. The van der Waals surface area contributed by atoms with Crippen molar-refractivity contribution in [3.63, 3.8) is 0 Å². The third-order valence-corrected chi connectivity index (χ3v) is 4.14. The van der Waals surface area contributed by atoms with E-state index in [2.05, 4.69) is 25.5 Å².